The minimum Gasteiger partial charge on any atom is -0.391 e. The number of anilines is 1. The predicted molar refractivity (Wildman–Crippen MR) is 102 cm³/mol. The van der Waals surface area contributed by atoms with Gasteiger partial charge in [0, 0.05) is 55.0 Å². The molecule has 3 aromatic heterocycles. The fourth-order valence-electron chi connectivity index (χ4n) is 3.61. The van der Waals surface area contributed by atoms with Crippen LogP contribution in [-0.4, -0.2) is 54.2 Å². The van der Waals surface area contributed by atoms with E-state index in [9.17, 15) is 9.50 Å². The molecule has 0 unspecified atom stereocenters. The third-order valence-corrected chi connectivity index (χ3v) is 5.05. The van der Waals surface area contributed by atoms with Crippen LogP contribution in [0.25, 0.3) is 33.4 Å². The number of aryl methyl sites for hydroxylation is 1. The van der Waals surface area contributed by atoms with Crippen LogP contribution in [0.15, 0.2) is 36.9 Å². The molecule has 28 heavy (non-hydrogen) atoms. The maximum atomic E-state index is 14.6. The summed E-state index contributed by atoms with van der Waals surface area (Å²) in [6.45, 7) is 1.30. The molecular weight excluding hydrogens is 361 g/mol. The van der Waals surface area contributed by atoms with Crippen LogP contribution in [0.5, 0.6) is 0 Å². The highest BCUT2D eigenvalue weighted by Gasteiger charge is 2.22. The van der Waals surface area contributed by atoms with Crippen LogP contribution in [0.4, 0.5) is 10.2 Å². The molecule has 1 fully saturated rings. The Labute approximate surface area is 159 Å². The van der Waals surface area contributed by atoms with E-state index in [1.165, 1.54) is 12.4 Å². The summed E-state index contributed by atoms with van der Waals surface area (Å²) in [5, 5.41) is 21.9. The number of benzene rings is 1. The molecule has 0 radical (unpaired) electrons. The summed E-state index contributed by atoms with van der Waals surface area (Å²) in [7, 11) is 1.79. The third-order valence-electron chi connectivity index (χ3n) is 5.05. The molecular formula is C19H18FN7O. The molecule has 1 atom stereocenters. The second-order valence-electron chi connectivity index (χ2n) is 7.00. The number of aromatic nitrogens is 6. The number of aromatic amines is 1. The van der Waals surface area contributed by atoms with Crippen LogP contribution >= 0.6 is 0 Å². The lowest BCUT2D eigenvalue weighted by Gasteiger charge is -2.16. The van der Waals surface area contributed by atoms with Crippen molar-refractivity contribution in [1.29, 1.82) is 0 Å². The summed E-state index contributed by atoms with van der Waals surface area (Å²) < 4.78 is 16.2. The first-order chi connectivity index (χ1) is 13.6. The van der Waals surface area contributed by atoms with Crippen LogP contribution in [0.2, 0.25) is 0 Å². The van der Waals surface area contributed by atoms with E-state index in [1.54, 1.807) is 30.2 Å². The standard InChI is InChI=1S/C19H18FN7O/c1-26-8-11(7-23-26)13-4-14-16(5-15(13)20)24-25-19(14)17-6-18(22-10-21-17)27-3-2-12(28)9-27/h4-8,10,12,28H,2-3,9H2,1H3,(H,24,25)/t12-/m0/s1. The molecule has 0 amide bonds. The number of nitrogens with one attached hydrogen (secondary N) is 1. The van der Waals surface area contributed by atoms with Gasteiger partial charge >= 0.3 is 0 Å². The summed E-state index contributed by atoms with van der Waals surface area (Å²) in [6.07, 6.45) is 5.27. The van der Waals surface area contributed by atoms with Gasteiger partial charge in [-0.1, -0.05) is 0 Å². The Morgan fingerprint density at radius 2 is 2.14 bits per heavy atom. The first-order valence-electron chi connectivity index (χ1n) is 9.00. The summed E-state index contributed by atoms with van der Waals surface area (Å²) >= 11 is 0. The van der Waals surface area contributed by atoms with Gasteiger partial charge in [0.05, 0.1) is 23.5 Å². The van der Waals surface area contributed by atoms with E-state index >= 15 is 0 Å². The summed E-state index contributed by atoms with van der Waals surface area (Å²) in [6, 6.07) is 5.05. The van der Waals surface area contributed by atoms with Gasteiger partial charge in [-0.2, -0.15) is 10.2 Å². The van der Waals surface area contributed by atoms with Crippen LogP contribution in [0.3, 0.4) is 0 Å². The maximum Gasteiger partial charge on any atom is 0.133 e. The highest BCUT2D eigenvalue weighted by Crippen LogP contribution is 2.32. The van der Waals surface area contributed by atoms with Crippen molar-refractivity contribution in [1.82, 2.24) is 29.9 Å². The highest BCUT2D eigenvalue weighted by atomic mass is 19.1. The van der Waals surface area contributed by atoms with E-state index in [-0.39, 0.29) is 11.9 Å². The molecule has 2 N–H and O–H groups in total. The van der Waals surface area contributed by atoms with Crippen molar-refractivity contribution in [2.75, 3.05) is 18.0 Å². The van der Waals surface area contributed by atoms with Crippen LogP contribution in [-0.2, 0) is 7.05 Å². The van der Waals surface area contributed by atoms with Crippen molar-refractivity contribution in [3.05, 3.63) is 42.7 Å². The Morgan fingerprint density at radius 3 is 2.89 bits per heavy atom. The lowest BCUT2D eigenvalue weighted by Crippen LogP contribution is -2.22. The molecule has 1 aliphatic heterocycles. The average Bonchev–Trinajstić information content (AvgIpc) is 3.41. The average molecular weight is 379 g/mol. The number of H-pyrrole nitrogens is 1. The number of hydrogen-bond donors (Lipinski definition) is 2. The Kier molecular flexibility index (Phi) is 3.83. The molecule has 0 aliphatic carbocycles. The Balaban J connectivity index is 1.60. The van der Waals surface area contributed by atoms with Crippen molar-refractivity contribution < 1.29 is 9.50 Å². The normalized spacial score (nSPS) is 17.0. The molecule has 4 heterocycles. The molecule has 1 saturated heterocycles. The molecule has 5 rings (SSSR count). The van der Waals surface area contributed by atoms with Gasteiger partial charge in [-0.25, -0.2) is 14.4 Å². The second kappa shape index (κ2) is 6.38. The summed E-state index contributed by atoms with van der Waals surface area (Å²) in [5.74, 6) is 0.400. The Bertz CT molecular complexity index is 1170. The van der Waals surface area contributed by atoms with E-state index in [2.05, 4.69) is 25.3 Å². The number of hydrogen-bond acceptors (Lipinski definition) is 6. The lowest BCUT2D eigenvalue weighted by molar-refractivity contribution is 0.198. The third kappa shape index (κ3) is 2.80. The van der Waals surface area contributed by atoms with Crippen molar-refractivity contribution in [2.45, 2.75) is 12.5 Å². The van der Waals surface area contributed by atoms with Gasteiger partial charge < -0.3 is 10.0 Å². The SMILES string of the molecule is Cn1cc(-c2cc3c(-c4cc(N5CC[C@H](O)C5)ncn4)n[nH]c3cc2F)cn1. The van der Waals surface area contributed by atoms with Gasteiger partial charge in [-0.3, -0.25) is 9.78 Å². The smallest absolute Gasteiger partial charge is 0.133 e. The number of nitrogens with zero attached hydrogens (tertiary/aromatic N) is 6. The monoisotopic (exact) mass is 379 g/mol. The zero-order chi connectivity index (χ0) is 19.3. The van der Waals surface area contributed by atoms with Crippen molar-refractivity contribution in [3.8, 4) is 22.5 Å². The van der Waals surface area contributed by atoms with E-state index in [0.717, 1.165) is 24.2 Å². The number of aliphatic hydroxyl groups is 1. The fourth-order valence-corrected chi connectivity index (χ4v) is 3.61. The van der Waals surface area contributed by atoms with Gasteiger partial charge in [0.25, 0.3) is 0 Å². The zero-order valence-corrected chi connectivity index (χ0v) is 15.2. The Hall–Kier alpha value is -3.33. The molecule has 0 spiro atoms. The zero-order valence-electron chi connectivity index (χ0n) is 15.2. The van der Waals surface area contributed by atoms with Gasteiger partial charge in [-0.15, -0.1) is 0 Å². The maximum absolute atomic E-state index is 14.6. The van der Waals surface area contributed by atoms with Gasteiger partial charge in [0.2, 0.25) is 0 Å². The molecule has 0 bridgehead atoms. The van der Waals surface area contributed by atoms with Gasteiger partial charge in [-0.05, 0) is 12.5 Å². The van der Waals surface area contributed by atoms with E-state index < -0.39 is 0 Å². The molecule has 1 aliphatic rings. The molecule has 4 aromatic rings. The fraction of sp³-hybridized carbons (Fsp3) is 0.263. The topological polar surface area (TPSA) is 95.7 Å². The number of β-amino-alcohol motifs (C(OH)–C–C–N with tert-alkyl or cyclic N) is 1. The molecule has 8 nitrogen and oxygen atoms in total. The van der Waals surface area contributed by atoms with Crippen molar-refractivity contribution >= 4 is 16.7 Å². The first-order valence-corrected chi connectivity index (χ1v) is 9.00. The molecule has 142 valence electrons. The molecule has 0 saturated carbocycles. The minimum absolute atomic E-state index is 0.338. The second-order valence-corrected chi connectivity index (χ2v) is 7.00. The number of aliphatic hydroxyl groups excluding tert-OH is 1. The van der Waals surface area contributed by atoms with Gasteiger partial charge in [0.15, 0.2) is 0 Å². The number of rotatable bonds is 3. The lowest BCUT2D eigenvalue weighted by atomic mass is 10.0. The number of fused-ring (bicyclic) bond motifs is 1. The molecule has 1 aromatic carbocycles. The van der Waals surface area contributed by atoms with E-state index in [1.807, 2.05) is 11.0 Å². The summed E-state index contributed by atoms with van der Waals surface area (Å²) in [4.78, 5) is 10.7. The minimum atomic E-state index is -0.342. The van der Waals surface area contributed by atoms with E-state index in [4.69, 9.17) is 0 Å². The van der Waals surface area contributed by atoms with Crippen molar-refractivity contribution in [2.24, 2.45) is 7.05 Å². The van der Waals surface area contributed by atoms with Crippen molar-refractivity contribution in [3.63, 3.8) is 0 Å². The van der Waals surface area contributed by atoms with E-state index in [0.29, 0.717) is 34.6 Å². The van der Waals surface area contributed by atoms with Crippen LogP contribution < -0.4 is 4.90 Å². The number of halogens is 1. The molecule has 9 heteroatoms. The largest absolute Gasteiger partial charge is 0.391 e. The predicted octanol–water partition coefficient (Wildman–Crippen LogP) is 2.13. The van der Waals surface area contributed by atoms with Gasteiger partial charge in [0.1, 0.15) is 23.7 Å². The van der Waals surface area contributed by atoms with Crippen LogP contribution in [0, 0.1) is 5.82 Å². The quantitative estimate of drug-likeness (QED) is 0.566. The van der Waals surface area contributed by atoms with Crippen LogP contribution in [0.1, 0.15) is 6.42 Å². The first kappa shape index (κ1) is 16.8. The summed E-state index contributed by atoms with van der Waals surface area (Å²) in [5.41, 5.74) is 3.02. The Morgan fingerprint density at radius 1 is 1.25 bits per heavy atom. The highest BCUT2D eigenvalue weighted by molar-refractivity contribution is 5.95.